The molecule has 0 aliphatic carbocycles. The van der Waals surface area contributed by atoms with E-state index in [1.807, 2.05) is 6.07 Å². The predicted octanol–water partition coefficient (Wildman–Crippen LogP) is 3.27. The third kappa shape index (κ3) is 4.25. The highest BCUT2D eigenvalue weighted by molar-refractivity contribution is 7.16. The van der Waals surface area contributed by atoms with Crippen molar-refractivity contribution in [2.45, 2.75) is 38.8 Å². The smallest absolute Gasteiger partial charge is 0.0931 e. The molecule has 1 aromatic heterocycles. The number of nitrogens with one attached hydrogen (secondary N) is 2. The van der Waals surface area contributed by atoms with Crippen molar-refractivity contribution < 1.29 is 0 Å². The Morgan fingerprint density at radius 1 is 1.53 bits per heavy atom. The molecule has 96 valence electrons. The second kappa shape index (κ2) is 6.74. The van der Waals surface area contributed by atoms with Crippen molar-refractivity contribution in [3.8, 4) is 0 Å². The van der Waals surface area contributed by atoms with Crippen LogP contribution in [0.1, 0.15) is 31.1 Å². The molecule has 2 rings (SSSR count). The fourth-order valence-corrected chi connectivity index (χ4v) is 3.49. The van der Waals surface area contributed by atoms with Gasteiger partial charge in [0.25, 0.3) is 0 Å². The summed E-state index contributed by atoms with van der Waals surface area (Å²) < 4.78 is 0.878. The molecule has 0 bridgehead atoms. The van der Waals surface area contributed by atoms with E-state index in [4.69, 9.17) is 11.6 Å². The predicted molar refractivity (Wildman–Crippen MR) is 75.8 cm³/mol. The van der Waals surface area contributed by atoms with E-state index in [1.54, 1.807) is 11.3 Å². The van der Waals surface area contributed by atoms with Gasteiger partial charge in [0.2, 0.25) is 0 Å². The fraction of sp³-hybridized carbons (Fsp3) is 0.692. The Kier molecular flexibility index (Phi) is 5.29. The van der Waals surface area contributed by atoms with Gasteiger partial charge in [0.1, 0.15) is 0 Å². The third-order valence-corrected chi connectivity index (χ3v) is 4.73. The van der Waals surface area contributed by atoms with Gasteiger partial charge in [0.15, 0.2) is 0 Å². The molecule has 1 aromatic rings. The van der Waals surface area contributed by atoms with E-state index in [1.165, 1.54) is 30.7 Å². The van der Waals surface area contributed by atoms with E-state index in [2.05, 4.69) is 23.6 Å². The van der Waals surface area contributed by atoms with E-state index in [0.29, 0.717) is 6.04 Å². The Morgan fingerprint density at radius 3 is 3.12 bits per heavy atom. The summed E-state index contributed by atoms with van der Waals surface area (Å²) in [4.78, 5) is 1.32. The summed E-state index contributed by atoms with van der Waals surface area (Å²) >= 11 is 7.57. The van der Waals surface area contributed by atoms with Gasteiger partial charge in [-0.15, -0.1) is 11.3 Å². The molecule has 2 N–H and O–H groups in total. The van der Waals surface area contributed by atoms with E-state index >= 15 is 0 Å². The molecule has 1 aliphatic heterocycles. The zero-order valence-corrected chi connectivity index (χ0v) is 11.9. The highest BCUT2D eigenvalue weighted by atomic mass is 35.5. The summed E-state index contributed by atoms with van der Waals surface area (Å²) in [7, 11) is 0. The van der Waals surface area contributed by atoms with E-state index in [-0.39, 0.29) is 0 Å². The fourth-order valence-electron chi connectivity index (χ4n) is 2.44. The van der Waals surface area contributed by atoms with Crippen LogP contribution in [0, 0.1) is 5.92 Å². The normalized spacial score (nSPS) is 25.1. The monoisotopic (exact) mass is 272 g/mol. The van der Waals surface area contributed by atoms with Crippen LogP contribution in [0.5, 0.6) is 0 Å². The third-order valence-electron chi connectivity index (χ3n) is 3.50. The Hall–Kier alpha value is -0.0900. The number of hydrogen-bond acceptors (Lipinski definition) is 3. The highest BCUT2D eigenvalue weighted by Gasteiger charge is 2.19. The van der Waals surface area contributed by atoms with Crippen molar-refractivity contribution in [1.29, 1.82) is 0 Å². The SMILES string of the molecule is CCC1CCNC(CNCc2ccc(Cl)s2)C1. The maximum absolute atomic E-state index is 5.90. The molecule has 2 heterocycles. The number of rotatable bonds is 5. The minimum atomic E-state index is 0.643. The van der Waals surface area contributed by atoms with Crippen LogP contribution in [-0.4, -0.2) is 19.1 Å². The van der Waals surface area contributed by atoms with Gasteiger partial charge in [-0.25, -0.2) is 0 Å². The van der Waals surface area contributed by atoms with Crippen LogP contribution in [0.3, 0.4) is 0 Å². The Labute approximate surface area is 113 Å². The first kappa shape index (κ1) is 13.3. The van der Waals surface area contributed by atoms with Crippen molar-refractivity contribution >= 4 is 22.9 Å². The molecule has 0 amide bonds. The summed E-state index contributed by atoms with van der Waals surface area (Å²) in [6, 6.07) is 4.71. The van der Waals surface area contributed by atoms with Crippen molar-refractivity contribution in [1.82, 2.24) is 10.6 Å². The average Bonchev–Trinajstić information content (AvgIpc) is 2.75. The van der Waals surface area contributed by atoms with Gasteiger partial charge in [-0.2, -0.15) is 0 Å². The molecule has 1 fully saturated rings. The van der Waals surface area contributed by atoms with Crippen LogP contribution >= 0.6 is 22.9 Å². The molecular formula is C13H21ClN2S. The second-order valence-electron chi connectivity index (χ2n) is 4.79. The quantitative estimate of drug-likeness (QED) is 0.860. The summed E-state index contributed by atoms with van der Waals surface area (Å²) in [6.45, 7) is 5.47. The van der Waals surface area contributed by atoms with Crippen LogP contribution in [-0.2, 0) is 6.54 Å². The van der Waals surface area contributed by atoms with Crippen molar-refractivity contribution in [2.75, 3.05) is 13.1 Å². The van der Waals surface area contributed by atoms with Crippen LogP contribution in [0.2, 0.25) is 4.34 Å². The van der Waals surface area contributed by atoms with Crippen LogP contribution < -0.4 is 10.6 Å². The largest absolute Gasteiger partial charge is 0.313 e. The lowest BCUT2D eigenvalue weighted by atomic mass is 9.90. The van der Waals surface area contributed by atoms with Gasteiger partial charge in [0.05, 0.1) is 4.34 Å². The molecule has 2 atom stereocenters. The van der Waals surface area contributed by atoms with E-state index in [9.17, 15) is 0 Å². The topological polar surface area (TPSA) is 24.1 Å². The van der Waals surface area contributed by atoms with E-state index in [0.717, 1.165) is 23.3 Å². The van der Waals surface area contributed by atoms with Crippen molar-refractivity contribution in [3.05, 3.63) is 21.3 Å². The maximum Gasteiger partial charge on any atom is 0.0931 e. The molecule has 2 unspecified atom stereocenters. The van der Waals surface area contributed by atoms with Crippen LogP contribution in [0.15, 0.2) is 12.1 Å². The lowest BCUT2D eigenvalue weighted by Gasteiger charge is -2.29. The molecule has 0 spiro atoms. The average molecular weight is 273 g/mol. The van der Waals surface area contributed by atoms with Gasteiger partial charge in [0, 0.05) is 24.0 Å². The Bertz CT molecular complexity index is 340. The number of halogens is 1. The summed E-state index contributed by atoms with van der Waals surface area (Å²) in [5.74, 6) is 0.916. The molecule has 0 saturated carbocycles. The molecule has 1 aliphatic rings. The minimum Gasteiger partial charge on any atom is -0.313 e. The first-order valence-corrected chi connectivity index (χ1v) is 7.65. The van der Waals surface area contributed by atoms with E-state index < -0.39 is 0 Å². The van der Waals surface area contributed by atoms with Crippen molar-refractivity contribution in [2.24, 2.45) is 5.92 Å². The summed E-state index contributed by atoms with van der Waals surface area (Å²) in [6.07, 6.45) is 3.97. The van der Waals surface area contributed by atoms with Gasteiger partial charge >= 0.3 is 0 Å². The van der Waals surface area contributed by atoms with Gasteiger partial charge in [-0.05, 0) is 37.4 Å². The van der Waals surface area contributed by atoms with Gasteiger partial charge < -0.3 is 10.6 Å². The molecule has 17 heavy (non-hydrogen) atoms. The van der Waals surface area contributed by atoms with Crippen LogP contribution in [0.25, 0.3) is 0 Å². The molecular weight excluding hydrogens is 252 g/mol. The molecule has 1 saturated heterocycles. The molecule has 0 aromatic carbocycles. The lowest BCUT2D eigenvalue weighted by Crippen LogP contribution is -2.44. The molecule has 4 heteroatoms. The van der Waals surface area contributed by atoms with Gasteiger partial charge in [-0.3, -0.25) is 0 Å². The minimum absolute atomic E-state index is 0.643. The first-order valence-electron chi connectivity index (χ1n) is 6.46. The zero-order chi connectivity index (χ0) is 12.1. The number of piperidine rings is 1. The lowest BCUT2D eigenvalue weighted by molar-refractivity contribution is 0.288. The number of hydrogen-bond donors (Lipinski definition) is 2. The standard InChI is InChI=1S/C13H21ClN2S/c1-2-10-5-6-16-11(7-10)8-15-9-12-3-4-13(14)17-12/h3-4,10-11,15-16H,2,5-9H2,1H3. The zero-order valence-electron chi connectivity index (χ0n) is 10.3. The summed E-state index contributed by atoms with van der Waals surface area (Å²) in [5, 5.41) is 7.11. The highest BCUT2D eigenvalue weighted by Crippen LogP contribution is 2.21. The summed E-state index contributed by atoms with van der Waals surface area (Å²) in [5.41, 5.74) is 0. The molecule has 2 nitrogen and oxygen atoms in total. The Balaban J connectivity index is 1.68. The van der Waals surface area contributed by atoms with Gasteiger partial charge in [-0.1, -0.05) is 24.9 Å². The van der Waals surface area contributed by atoms with Crippen LogP contribution in [0.4, 0.5) is 0 Å². The Morgan fingerprint density at radius 2 is 2.41 bits per heavy atom. The second-order valence-corrected chi connectivity index (χ2v) is 6.59. The van der Waals surface area contributed by atoms with Crippen molar-refractivity contribution in [3.63, 3.8) is 0 Å². The maximum atomic E-state index is 5.90. The first-order chi connectivity index (χ1) is 8.28. The number of thiophene rings is 1. The molecule has 0 radical (unpaired) electrons.